The molecule has 0 aliphatic carbocycles. The SMILES string of the molecule is Cc1cccc(C)c1NC(=O)CSC1=N[C@H]2CS(=O)(=O)C[C@@H]2N1c1ccc(Br)cc1F. The Kier molecular flexibility index (Phi) is 6.15. The van der Waals surface area contributed by atoms with E-state index in [2.05, 4.69) is 26.2 Å². The Balaban J connectivity index is 1.55. The summed E-state index contributed by atoms with van der Waals surface area (Å²) in [5, 5.41) is 3.39. The number of benzene rings is 2. The molecule has 4 rings (SSSR count). The zero-order chi connectivity index (χ0) is 22.3. The first-order chi connectivity index (χ1) is 14.6. The van der Waals surface area contributed by atoms with Gasteiger partial charge in [0, 0.05) is 10.2 Å². The lowest BCUT2D eigenvalue weighted by Gasteiger charge is -2.26. The van der Waals surface area contributed by atoms with Gasteiger partial charge in [-0.1, -0.05) is 45.9 Å². The summed E-state index contributed by atoms with van der Waals surface area (Å²) in [5.41, 5.74) is 2.97. The molecule has 31 heavy (non-hydrogen) atoms. The minimum Gasteiger partial charge on any atom is -0.325 e. The van der Waals surface area contributed by atoms with E-state index in [1.807, 2.05) is 32.0 Å². The highest BCUT2D eigenvalue weighted by atomic mass is 79.9. The van der Waals surface area contributed by atoms with Gasteiger partial charge in [-0.25, -0.2) is 12.8 Å². The Morgan fingerprint density at radius 1 is 1.26 bits per heavy atom. The third kappa shape index (κ3) is 4.65. The van der Waals surface area contributed by atoms with E-state index in [4.69, 9.17) is 0 Å². The van der Waals surface area contributed by atoms with Crippen LogP contribution in [0.3, 0.4) is 0 Å². The fourth-order valence-corrected chi connectivity index (χ4v) is 7.00. The standard InChI is InChI=1S/C21H21BrFN3O3S2/c1-12-4-3-5-13(2)20(12)25-19(27)9-30-21-24-16-10-31(28,29)11-18(16)26(21)17-7-6-14(22)8-15(17)23/h3-8,16,18H,9-11H2,1-2H3,(H,25,27)/t16-,18-/m0/s1. The summed E-state index contributed by atoms with van der Waals surface area (Å²) in [7, 11) is -3.24. The van der Waals surface area contributed by atoms with E-state index in [1.165, 1.54) is 17.8 Å². The number of hydrogen-bond acceptors (Lipinski definition) is 6. The van der Waals surface area contributed by atoms with Crippen molar-refractivity contribution in [3.63, 3.8) is 0 Å². The van der Waals surface area contributed by atoms with Gasteiger partial charge in [-0.05, 0) is 43.2 Å². The molecule has 2 atom stereocenters. The highest BCUT2D eigenvalue weighted by Crippen LogP contribution is 2.37. The predicted molar refractivity (Wildman–Crippen MR) is 127 cm³/mol. The molecule has 2 heterocycles. The molecule has 1 N–H and O–H groups in total. The van der Waals surface area contributed by atoms with Crippen molar-refractivity contribution >= 4 is 60.0 Å². The van der Waals surface area contributed by atoms with E-state index in [0.29, 0.717) is 9.64 Å². The predicted octanol–water partition coefficient (Wildman–Crippen LogP) is 3.92. The minimum atomic E-state index is -3.24. The van der Waals surface area contributed by atoms with E-state index in [9.17, 15) is 17.6 Å². The number of amidine groups is 1. The molecular weight excluding hydrogens is 505 g/mol. The topological polar surface area (TPSA) is 78.8 Å². The van der Waals surface area contributed by atoms with Crippen LogP contribution in [0.5, 0.6) is 0 Å². The van der Waals surface area contributed by atoms with E-state index in [1.54, 1.807) is 17.0 Å². The lowest BCUT2D eigenvalue weighted by molar-refractivity contribution is -0.113. The van der Waals surface area contributed by atoms with Crippen LogP contribution >= 0.6 is 27.7 Å². The molecule has 1 fully saturated rings. The van der Waals surface area contributed by atoms with Crippen LogP contribution in [0.4, 0.5) is 15.8 Å². The molecule has 6 nitrogen and oxygen atoms in total. The van der Waals surface area contributed by atoms with Gasteiger partial charge in [0.05, 0.1) is 35.0 Å². The molecular formula is C21H21BrFN3O3S2. The summed E-state index contributed by atoms with van der Waals surface area (Å²) in [6, 6.07) is 9.49. The summed E-state index contributed by atoms with van der Waals surface area (Å²) >= 11 is 4.43. The average molecular weight is 526 g/mol. The smallest absolute Gasteiger partial charge is 0.234 e. The lowest BCUT2D eigenvalue weighted by atomic mass is 10.1. The summed E-state index contributed by atoms with van der Waals surface area (Å²) < 4.78 is 39.6. The van der Waals surface area contributed by atoms with Gasteiger partial charge in [-0.2, -0.15) is 0 Å². The highest BCUT2D eigenvalue weighted by Gasteiger charge is 2.47. The molecule has 0 bridgehead atoms. The van der Waals surface area contributed by atoms with Crippen molar-refractivity contribution in [1.82, 2.24) is 0 Å². The third-order valence-electron chi connectivity index (χ3n) is 5.35. The Labute approximate surface area is 193 Å². The van der Waals surface area contributed by atoms with Crippen LogP contribution in [0, 0.1) is 19.7 Å². The molecule has 0 radical (unpaired) electrons. The van der Waals surface area contributed by atoms with Crippen molar-refractivity contribution < 1.29 is 17.6 Å². The number of carbonyl (C=O) groups excluding carboxylic acids is 1. The number of nitrogens with zero attached hydrogens (tertiary/aromatic N) is 2. The van der Waals surface area contributed by atoms with Gasteiger partial charge in [-0.15, -0.1) is 0 Å². The average Bonchev–Trinajstić information content (AvgIpc) is 3.15. The second-order valence-corrected chi connectivity index (χ2v) is 11.7. The van der Waals surface area contributed by atoms with Gasteiger partial charge in [0.15, 0.2) is 15.0 Å². The number of hydrogen-bond donors (Lipinski definition) is 1. The fourth-order valence-electron chi connectivity index (χ4n) is 3.91. The quantitative estimate of drug-likeness (QED) is 0.654. The van der Waals surface area contributed by atoms with E-state index < -0.39 is 27.7 Å². The number of rotatable bonds is 4. The van der Waals surface area contributed by atoms with Crippen LogP contribution < -0.4 is 10.2 Å². The summed E-state index contributed by atoms with van der Waals surface area (Å²) in [6.45, 7) is 3.85. The zero-order valence-corrected chi connectivity index (χ0v) is 20.2. The van der Waals surface area contributed by atoms with Gasteiger partial charge in [0.25, 0.3) is 0 Å². The first-order valence-electron chi connectivity index (χ1n) is 9.66. The minimum absolute atomic E-state index is 0.0645. The van der Waals surface area contributed by atoms with Crippen LogP contribution in [0.2, 0.25) is 0 Å². The van der Waals surface area contributed by atoms with Gasteiger partial charge < -0.3 is 10.2 Å². The van der Waals surface area contributed by atoms with Gasteiger partial charge in [-0.3, -0.25) is 9.79 Å². The van der Waals surface area contributed by atoms with Crippen molar-refractivity contribution in [3.05, 3.63) is 57.8 Å². The number of aryl methyl sites for hydroxylation is 2. The largest absolute Gasteiger partial charge is 0.325 e. The van der Waals surface area contributed by atoms with Crippen LogP contribution in [-0.4, -0.2) is 48.8 Å². The number of nitrogens with one attached hydrogen (secondary N) is 1. The summed E-state index contributed by atoms with van der Waals surface area (Å²) in [4.78, 5) is 18.8. The molecule has 2 aliphatic rings. The maximum absolute atomic E-state index is 14.7. The molecule has 2 aromatic carbocycles. The second kappa shape index (κ2) is 8.55. The van der Waals surface area contributed by atoms with Gasteiger partial charge in [0.1, 0.15) is 5.82 Å². The molecule has 2 aliphatic heterocycles. The molecule has 0 aromatic heterocycles. The van der Waals surface area contributed by atoms with Crippen LogP contribution in [-0.2, 0) is 14.6 Å². The van der Waals surface area contributed by atoms with Crippen molar-refractivity contribution in [3.8, 4) is 0 Å². The first kappa shape index (κ1) is 22.3. The number of halogens is 2. The first-order valence-corrected chi connectivity index (χ1v) is 13.3. The third-order valence-corrected chi connectivity index (χ3v) is 8.51. The van der Waals surface area contributed by atoms with E-state index in [-0.39, 0.29) is 28.9 Å². The fraction of sp³-hybridized carbons (Fsp3) is 0.333. The molecule has 10 heteroatoms. The molecule has 0 spiro atoms. The number of anilines is 2. The molecule has 0 unspecified atom stereocenters. The van der Waals surface area contributed by atoms with Crippen LogP contribution in [0.15, 0.2) is 45.9 Å². The number of sulfone groups is 1. The Hall–Kier alpha value is -1.91. The lowest BCUT2D eigenvalue weighted by Crippen LogP contribution is -2.40. The van der Waals surface area contributed by atoms with Crippen LogP contribution in [0.25, 0.3) is 0 Å². The highest BCUT2D eigenvalue weighted by molar-refractivity contribution is 9.10. The van der Waals surface area contributed by atoms with Crippen molar-refractivity contribution in [2.45, 2.75) is 25.9 Å². The van der Waals surface area contributed by atoms with Crippen molar-refractivity contribution in [1.29, 1.82) is 0 Å². The molecule has 2 aromatic rings. The molecule has 1 saturated heterocycles. The monoisotopic (exact) mass is 525 g/mol. The number of amides is 1. The zero-order valence-electron chi connectivity index (χ0n) is 16.9. The number of carbonyl (C=O) groups is 1. The molecule has 1 amide bonds. The van der Waals surface area contributed by atoms with E-state index >= 15 is 0 Å². The van der Waals surface area contributed by atoms with Gasteiger partial charge in [0.2, 0.25) is 5.91 Å². The van der Waals surface area contributed by atoms with Crippen LogP contribution in [0.1, 0.15) is 11.1 Å². The molecule has 0 saturated carbocycles. The number of para-hydroxylation sites is 1. The summed E-state index contributed by atoms with van der Waals surface area (Å²) in [6.07, 6.45) is 0. The number of thioether (sulfide) groups is 1. The summed E-state index contributed by atoms with van der Waals surface area (Å²) in [5.74, 6) is -0.757. The second-order valence-electron chi connectivity index (χ2n) is 7.69. The van der Waals surface area contributed by atoms with Crippen molar-refractivity contribution in [2.75, 3.05) is 27.5 Å². The van der Waals surface area contributed by atoms with E-state index in [0.717, 1.165) is 16.8 Å². The maximum atomic E-state index is 14.7. The van der Waals surface area contributed by atoms with Crippen molar-refractivity contribution in [2.24, 2.45) is 4.99 Å². The molecule has 164 valence electrons. The number of aliphatic imine (C=N–C) groups is 1. The Morgan fingerprint density at radius 3 is 2.65 bits per heavy atom. The normalized spacial score (nSPS) is 21.7. The number of fused-ring (bicyclic) bond motifs is 1. The maximum Gasteiger partial charge on any atom is 0.234 e. The Bertz CT molecular complexity index is 1170. The Morgan fingerprint density at radius 2 is 1.97 bits per heavy atom. The van der Waals surface area contributed by atoms with Gasteiger partial charge >= 0.3 is 0 Å².